The van der Waals surface area contributed by atoms with E-state index in [1.54, 1.807) is 0 Å². The van der Waals surface area contributed by atoms with Crippen LogP contribution in [0.4, 0.5) is 0 Å². The summed E-state index contributed by atoms with van der Waals surface area (Å²) in [4.78, 5) is 0. The van der Waals surface area contributed by atoms with Crippen molar-refractivity contribution in [3.63, 3.8) is 0 Å². The summed E-state index contributed by atoms with van der Waals surface area (Å²) >= 11 is 0. The Labute approximate surface area is 304 Å². The van der Waals surface area contributed by atoms with Gasteiger partial charge in [-0.05, 0) is 110 Å². The minimum atomic E-state index is 0.913. The number of fused-ring (bicyclic) bond motifs is 17. The summed E-state index contributed by atoms with van der Waals surface area (Å²) in [6.07, 6.45) is 0. The summed E-state index contributed by atoms with van der Waals surface area (Å²) in [6.45, 7) is 0. The first-order valence-electron chi connectivity index (χ1n) is 18.3. The Morgan fingerprint density at radius 1 is 0.264 bits per heavy atom. The van der Waals surface area contributed by atoms with Gasteiger partial charge in [0.2, 0.25) is 0 Å². The number of hydrogen-bond donors (Lipinski definition) is 0. The van der Waals surface area contributed by atoms with E-state index >= 15 is 0 Å². The van der Waals surface area contributed by atoms with E-state index < -0.39 is 0 Å². The van der Waals surface area contributed by atoms with Gasteiger partial charge in [-0.2, -0.15) is 0 Å². The first-order valence-corrected chi connectivity index (χ1v) is 18.3. The van der Waals surface area contributed by atoms with E-state index in [9.17, 15) is 0 Å². The molecule has 0 aliphatic carbocycles. The third-order valence-electron chi connectivity index (χ3n) is 11.6. The van der Waals surface area contributed by atoms with Crippen molar-refractivity contribution in [2.24, 2.45) is 0 Å². The molecule has 0 bridgehead atoms. The monoisotopic (exact) mass is 670 g/mol. The second-order valence-corrected chi connectivity index (χ2v) is 14.3. The lowest BCUT2D eigenvalue weighted by molar-refractivity contribution is 0.673. The van der Waals surface area contributed by atoms with Gasteiger partial charge in [0.05, 0.1) is 0 Å². The summed E-state index contributed by atoms with van der Waals surface area (Å²) in [7, 11) is 0. The molecule has 0 spiro atoms. The van der Waals surface area contributed by atoms with Crippen molar-refractivity contribution in [1.29, 1.82) is 0 Å². The number of hydrogen-bond acceptors (Lipinski definition) is 1. The van der Waals surface area contributed by atoms with Crippen LogP contribution in [0.5, 0.6) is 0 Å². The maximum Gasteiger partial charge on any atom is 0.143 e. The van der Waals surface area contributed by atoms with E-state index in [0.29, 0.717) is 0 Å². The molecular formula is C52H30O. The van der Waals surface area contributed by atoms with Gasteiger partial charge in [-0.25, -0.2) is 0 Å². The fraction of sp³-hybridized carbons (Fsp3) is 0. The van der Waals surface area contributed by atoms with Gasteiger partial charge in [0.15, 0.2) is 0 Å². The molecule has 244 valence electrons. The van der Waals surface area contributed by atoms with E-state index in [0.717, 1.165) is 27.3 Å². The summed E-state index contributed by atoms with van der Waals surface area (Å²) < 4.78 is 6.59. The molecule has 53 heavy (non-hydrogen) atoms. The SMILES string of the molecule is c1ccc2c(c1)ccc1c2oc2cccc(-c3ccc(-c4ccc5c(c4)c4ccccc4c4c6ccccc6c6ccccc6c54)c4ccccc34)c21. The molecule has 0 saturated carbocycles. The van der Waals surface area contributed by atoms with Crippen molar-refractivity contribution < 1.29 is 4.42 Å². The normalized spacial score (nSPS) is 12.2. The van der Waals surface area contributed by atoms with Crippen LogP contribution in [0.25, 0.3) is 120 Å². The predicted octanol–water partition coefficient (Wildman–Crippen LogP) is 15.0. The van der Waals surface area contributed by atoms with Gasteiger partial charge < -0.3 is 4.42 Å². The third kappa shape index (κ3) is 3.97. The Balaban J connectivity index is 1.13. The maximum absolute atomic E-state index is 6.59. The largest absolute Gasteiger partial charge is 0.455 e. The molecule has 12 rings (SSSR count). The smallest absolute Gasteiger partial charge is 0.143 e. The Kier molecular flexibility index (Phi) is 5.84. The lowest BCUT2D eigenvalue weighted by Crippen LogP contribution is -1.90. The molecule has 0 saturated heterocycles. The van der Waals surface area contributed by atoms with Gasteiger partial charge in [0.1, 0.15) is 11.2 Å². The summed E-state index contributed by atoms with van der Waals surface area (Å²) in [5.74, 6) is 0. The van der Waals surface area contributed by atoms with Gasteiger partial charge in [-0.1, -0.05) is 164 Å². The van der Waals surface area contributed by atoms with Crippen molar-refractivity contribution in [2.75, 3.05) is 0 Å². The molecular weight excluding hydrogens is 641 g/mol. The molecule has 0 aliphatic rings. The highest BCUT2D eigenvalue weighted by molar-refractivity contribution is 6.39. The van der Waals surface area contributed by atoms with E-state index in [-0.39, 0.29) is 0 Å². The molecule has 1 aromatic heterocycles. The maximum atomic E-state index is 6.59. The molecule has 0 fully saturated rings. The molecule has 1 nitrogen and oxygen atoms in total. The van der Waals surface area contributed by atoms with Crippen LogP contribution in [0.15, 0.2) is 186 Å². The lowest BCUT2D eigenvalue weighted by Gasteiger charge is -2.18. The Bertz CT molecular complexity index is 3510. The van der Waals surface area contributed by atoms with Crippen LogP contribution in [-0.2, 0) is 0 Å². The molecule has 11 aromatic carbocycles. The zero-order valence-electron chi connectivity index (χ0n) is 28.7. The van der Waals surface area contributed by atoms with E-state index in [1.807, 2.05) is 0 Å². The van der Waals surface area contributed by atoms with Crippen molar-refractivity contribution in [1.82, 2.24) is 0 Å². The van der Waals surface area contributed by atoms with Crippen molar-refractivity contribution in [2.45, 2.75) is 0 Å². The number of rotatable bonds is 2. The highest BCUT2D eigenvalue weighted by atomic mass is 16.3. The zero-order chi connectivity index (χ0) is 34.6. The highest BCUT2D eigenvalue weighted by Gasteiger charge is 2.19. The molecule has 0 aliphatic heterocycles. The second kappa shape index (κ2) is 10.8. The summed E-state index contributed by atoms with van der Waals surface area (Å²) in [6, 6.07) is 66.8. The van der Waals surface area contributed by atoms with Gasteiger partial charge in [-0.3, -0.25) is 0 Å². The topological polar surface area (TPSA) is 13.1 Å². The van der Waals surface area contributed by atoms with Gasteiger partial charge in [0.25, 0.3) is 0 Å². The van der Waals surface area contributed by atoms with Crippen molar-refractivity contribution >= 4 is 97.3 Å². The number of furan rings is 1. The van der Waals surface area contributed by atoms with Gasteiger partial charge in [0, 0.05) is 16.2 Å². The Hall–Kier alpha value is -6.96. The van der Waals surface area contributed by atoms with Crippen molar-refractivity contribution in [3.05, 3.63) is 182 Å². The third-order valence-corrected chi connectivity index (χ3v) is 11.6. The Morgan fingerprint density at radius 3 is 1.45 bits per heavy atom. The van der Waals surface area contributed by atoms with Gasteiger partial charge in [-0.15, -0.1) is 0 Å². The fourth-order valence-corrected chi connectivity index (χ4v) is 9.35. The van der Waals surface area contributed by atoms with Crippen LogP contribution in [0, 0.1) is 0 Å². The van der Waals surface area contributed by atoms with E-state index in [2.05, 4.69) is 182 Å². The quantitative estimate of drug-likeness (QED) is 0.167. The minimum Gasteiger partial charge on any atom is -0.455 e. The molecule has 0 amide bonds. The fourth-order valence-electron chi connectivity index (χ4n) is 9.35. The average Bonchev–Trinajstić information content (AvgIpc) is 3.63. The molecule has 1 heteroatoms. The molecule has 0 atom stereocenters. The van der Waals surface area contributed by atoms with Crippen LogP contribution in [-0.4, -0.2) is 0 Å². The summed E-state index contributed by atoms with van der Waals surface area (Å²) in [5.41, 5.74) is 6.71. The second-order valence-electron chi connectivity index (χ2n) is 14.3. The molecule has 0 radical (unpaired) electrons. The first-order chi connectivity index (χ1) is 26.3. The Morgan fingerprint density at radius 2 is 0.774 bits per heavy atom. The van der Waals surface area contributed by atoms with Crippen molar-refractivity contribution in [3.8, 4) is 22.3 Å². The minimum absolute atomic E-state index is 0.913. The number of benzene rings is 11. The highest BCUT2D eigenvalue weighted by Crippen LogP contribution is 2.46. The van der Waals surface area contributed by atoms with Gasteiger partial charge >= 0.3 is 0 Å². The molecule has 1 heterocycles. The predicted molar refractivity (Wildman–Crippen MR) is 227 cm³/mol. The lowest BCUT2D eigenvalue weighted by atomic mass is 9.85. The van der Waals surface area contributed by atoms with Crippen LogP contribution >= 0.6 is 0 Å². The van der Waals surface area contributed by atoms with Crippen LogP contribution < -0.4 is 0 Å². The van der Waals surface area contributed by atoms with Crippen LogP contribution in [0.2, 0.25) is 0 Å². The molecule has 0 N–H and O–H groups in total. The molecule has 0 unspecified atom stereocenters. The average molecular weight is 671 g/mol. The van der Waals surface area contributed by atoms with E-state index in [1.165, 1.54) is 92.3 Å². The van der Waals surface area contributed by atoms with Crippen LogP contribution in [0.3, 0.4) is 0 Å². The zero-order valence-corrected chi connectivity index (χ0v) is 28.7. The van der Waals surface area contributed by atoms with Crippen LogP contribution in [0.1, 0.15) is 0 Å². The standard InChI is InChI=1S/C52H30O/c1-2-13-34-31(12-1)24-27-46-49-41(22-11-23-48(49)53-52(34)46)40-29-28-33(35-14-3-4-15-36(35)40)32-25-26-45-47(30-32)39-18-7-10-21-44(39)50-42-19-8-5-16-37(42)38-17-6-9-20-43(38)51(45)50/h1-30H. The molecule has 12 aromatic rings. The first kappa shape index (κ1) is 28.7. The van der Waals surface area contributed by atoms with E-state index in [4.69, 9.17) is 4.42 Å². The summed E-state index contributed by atoms with van der Waals surface area (Å²) in [5, 5.41) is 20.1.